The Balaban J connectivity index is 2.28. The lowest BCUT2D eigenvalue weighted by molar-refractivity contribution is 0.628. The molecule has 4 nitrogen and oxygen atoms in total. The van der Waals surface area contributed by atoms with Crippen molar-refractivity contribution in [1.29, 1.82) is 0 Å². The van der Waals surface area contributed by atoms with Crippen LogP contribution >= 0.6 is 0 Å². The number of fused-ring (bicyclic) bond motifs is 1. The second-order valence-corrected chi connectivity index (χ2v) is 3.64. The Hall–Kier alpha value is -2.43. The highest BCUT2D eigenvalue weighted by molar-refractivity contribution is 5.76. The van der Waals surface area contributed by atoms with E-state index in [1.807, 2.05) is 0 Å². The summed E-state index contributed by atoms with van der Waals surface area (Å²) in [5.41, 5.74) is 1.97. The molecule has 5 heteroatoms. The first kappa shape index (κ1) is 9.77. The normalized spacial score (nSPS) is 10.9. The Morgan fingerprint density at radius 1 is 1.18 bits per heavy atom. The minimum Gasteiger partial charge on any atom is -0.346 e. The second kappa shape index (κ2) is 3.55. The Labute approximate surface area is 95.3 Å². The number of halogens is 1. The van der Waals surface area contributed by atoms with E-state index in [-0.39, 0.29) is 11.4 Å². The van der Waals surface area contributed by atoms with E-state index < -0.39 is 0 Å². The van der Waals surface area contributed by atoms with Gasteiger partial charge in [-0.15, -0.1) is 0 Å². The van der Waals surface area contributed by atoms with Crippen molar-refractivity contribution in [3.05, 3.63) is 58.9 Å². The third-order valence-electron chi connectivity index (χ3n) is 2.58. The molecule has 0 bridgehead atoms. The fourth-order valence-electron chi connectivity index (χ4n) is 1.76. The van der Waals surface area contributed by atoms with Crippen molar-refractivity contribution >= 4 is 5.65 Å². The minimum atomic E-state index is -0.293. The van der Waals surface area contributed by atoms with Gasteiger partial charge in [-0.25, -0.2) is 4.39 Å². The van der Waals surface area contributed by atoms with Crippen LogP contribution in [0.5, 0.6) is 0 Å². The predicted octanol–water partition coefficient (Wildman–Crippen LogP) is 1.83. The van der Waals surface area contributed by atoms with Crippen LogP contribution in [0.3, 0.4) is 0 Å². The standard InChI is InChI=1S/C12H8FN3O/c13-9-3-1-8(2-4-9)10-7-15-16-11(17)5-6-14-12(10)16/h1-7,14H. The van der Waals surface area contributed by atoms with E-state index in [0.29, 0.717) is 5.65 Å². The van der Waals surface area contributed by atoms with E-state index in [4.69, 9.17) is 0 Å². The summed E-state index contributed by atoms with van der Waals surface area (Å²) < 4.78 is 14.1. The number of aromatic amines is 1. The average molecular weight is 229 g/mol. The molecule has 0 aliphatic carbocycles. The molecular formula is C12H8FN3O. The van der Waals surface area contributed by atoms with Gasteiger partial charge in [-0.2, -0.15) is 9.61 Å². The molecule has 17 heavy (non-hydrogen) atoms. The van der Waals surface area contributed by atoms with Crippen LogP contribution in [0.15, 0.2) is 47.5 Å². The van der Waals surface area contributed by atoms with Crippen LogP contribution in [-0.2, 0) is 0 Å². The number of hydrogen-bond donors (Lipinski definition) is 1. The van der Waals surface area contributed by atoms with Crippen molar-refractivity contribution in [2.24, 2.45) is 0 Å². The van der Waals surface area contributed by atoms with E-state index >= 15 is 0 Å². The molecule has 0 spiro atoms. The molecule has 0 unspecified atom stereocenters. The second-order valence-electron chi connectivity index (χ2n) is 3.64. The SMILES string of the molecule is O=c1cc[nH]c2c(-c3ccc(F)cc3)cnn12. The fraction of sp³-hybridized carbons (Fsp3) is 0. The highest BCUT2D eigenvalue weighted by Gasteiger charge is 2.08. The molecule has 0 amide bonds. The van der Waals surface area contributed by atoms with Gasteiger partial charge in [0.25, 0.3) is 5.56 Å². The van der Waals surface area contributed by atoms with E-state index in [0.717, 1.165) is 11.1 Å². The molecule has 1 N–H and O–H groups in total. The van der Waals surface area contributed by atoms with Crippen molar-refractivity contribution in [3.63, 3.8) is 0 Å². The van der Waals surface area contributed by atoms with Crippen LogP contribution in [-0.4, -0.2) is 14.6 Å². The molecule has 3 rings (SSSR count). The van der Waals surface area contributed by atoms with Crippen LogP contribution < -0.4 is 5.56 Å². The summed E-state index contributed by atoms with van der Waals surface area (Å²) in [6, 6.07) is 7.45. The quantitative estimate of drug-likeness (QED) is 0.692. The molecular weight excluding hydrogens is 221 g/mol. The maximum absolute atomic E-state index is 12.8. The number of nitrogens with zero attached hydrogens (tertiary/aromatic N) is 2. The lowest BCUT2D eigenvalue weighted by Crippen LogP contribution is -2.12. The molecule has 0 saturated carbocycles. The Morgan fingerprint density at radius 3 is 2.71 bits per heavy atom. The van der Waals surface area contributed by atoms with Crippen LogP contribution in [0.4, 0.5) is 4.39 Å². The fourth-order valence-corrected chi connectivity index (χ4v) is 1.76. The zero-order valence-electron chi connectivity index (χ0n) is 8.72. The summed E-state index contributed by atoms with van der Waals surface area (Å²) in [5.74, 6) is -0.293. The van der Waals surface area contributed by atoms with Crippen molar-refractivity contribution < 1.29 is 4.39 Å². The Kier molecular flexibility index (Phi) is 2.04. The van der Waals surface area contributed by atoms with Crippen molar-refractivity contribution in [2.75, 3.05) is 0 Å². The number of aromatic nitrogens is 3. The third kappa shape index (κ3) is 1.52. The van der Waals surface area contributed by atoms with Gasteiger partial charge in [0.1, 0.15) is 11.5 Å². The molecule has 0 saturated heterocycles. The average Bonchev–Trinajstić information content (AvgIpc) is 2.75. The van der Waals surface area contributed by atoms with Crippen LogP contribution in [0, 0.1) is 5.82 Å². The summed E-state index contributed by atoms with van der Waals surface area (Å²) in [7, 11) is 0. The summed E-state index contributed by atoms with van der Waals surface area (Å²) in [5, 5.41) is 4.00. The maximum atomic E-state index is 12.8. The van der Waals surface area contributed by atoms with Gasteiger partial charge in [-0.1, -0.05) is 12.1 Å². The molecule has 0 atom stereocenters. The number of hydrogen-bond acceptors (Lipinski definition) is 2. The number of nitrogens with one attached hydrogen (secondary N) is 1. The van der Waals surface area contributed by atoms with Gasteiger partial charge in [0, 0.05) is 17.8 Å². The molecule has 84 valence electrons. The smallest absolute Gasteiger partial charge is 0.274 e. The van der Waals surface area contributed by atoms with Crippen molar-refractivity contribution in [3.8, 4) is 11.1 Å². The van der Waals surface area contributed by atoms with Gasteiger partial charge in [-0.3, -0.25) is 4.79 Å². The number of benzene rings is 1. The van der Waals surface area contributed by atoms with E-state index in [1.165, 1.54) is 22.7 Å². The van der Waals surface area contributed by atoms with Gasteiger partial charge in [0.15, 0.2) is 0 Å². The first-order valence-corrected chi connectivity index (χ1v) is 5.07. The van der Waals surface area contributed by atoms with E-state index in [9.17, 15) is 9.18 Å². The molecule has 0 aliphatic heterocycles. The van der Waals surface area contributed by atoms with Crippen molar-refractivity contribution in [2.45, 2.75) is 0 Å². The molecule has 1 aromatic carbocycles. The van der Waals surface area contributed by atoms with Gasteiger partial charge in [-0.05, 0) is 17.7 Å². The van der Waals surface area contributed by atoms with E-state index in [1.54, 1.807) is 24.5 Å². The van der Waals surface area contributed by atoms with Crippen LogP contribution in [0.1, 0.15) is 0 Å². The first-order chi connectivity index (χ1) is 8.25. The van der Waals surface area contributed by atoms with Crippen molar-refractivity contribution in [1.82, 2.24) is 14.6 Å². The monoisotopic (exact) mass is 229 g/mol. The molecule has 2 heterocycles. The summed E-state index contributed by atoms with van der Waals surface area (Å²) in [6.07, 6.45) is 3.15. The van der Waals surface area contributed by atoms with Crippen LogP contribution in [0.25, 0.3) is 16.8 Å². The van der Waals surface area contributed by atoms with Crippen LogP contribution in [0.2, 0.25) is 0 Å². The number of rotatable bonds is 1. The number of H-pyrrole nitrogens is 1. The Bertz CT molecular complexity index is 727. The molecule has 0 aliphatic rings. The molecule has 2 aromatic heterocycles. The lowest BCUT2D eigenvalue weighted by atomic mass is 10.1. The molecule has 3 aromatic rings. The zero-order chi connectivity index (χ0) is 11.8. The maximum Gasteiger partial charge on any atom is 0.274 e. The summed E-state index contributed by atoms with van der Waals surface area (Å²) in [4.78, 5) is 14.5. The largest absolute Gasteiger partial charge is 0.346 e. The lowest BCUT2D eigenvalue weighted by Gasteiger charge is -1.98. The third-order valence-corrected chi connectivity index (χ3v) is 2.58. The first-order valence-electron chi connectivity index (χ1n) is 5.07. The zero-order valence-corrected chi connectivity index (χ0v) is 8.72. The van der Waals surface area contributed by atoms with Gasteiger partial charge >= 0.3 is 0 Å². The van der Waals surface area contributed by atoms with Gasteiger partial charge < -0.3 is 4.98 Å². The molecule has 0 radical (unpaired) electrons. The summed E-state index contributed by atoms with van der Waals surface area (Å²) >= 11 is 0. The summed E-state index contributed by atoms with van der Waals surface area (Å²) in [6.45, 7) is 0. The van der Waals surface area contributed by atoms with Gasteiger partial charge in [0.05, 0.1) is 6.20 Å². The molecule has 0 fully saturated rings. The van der Waals surface area contributed by atoms with E-state index in [2.05, 4.69) is 10.1 Å². The highest BCUT2D eigenvalue weighted by Crippen LogP contribution is 2.22. The minimum absolute atomic E-state index is 0.202. The van der Waals surface area contributed by atoms with Gasteiger partial charge in [0.2, 0.25) is 0 Å². The topological polar surface area (TPSA) is 50.2 Å². The predicted molar refractivity (Wildman–Crippen MR) is 61.2 cm³/mol. The Morgan fingerprint density at radius 2 is 1.94 bits per heavy atom. The highest BCUT2D eigenvalue weighted by atomic mass is 19.1.